The first-order chi connectivity index (χ1) is 10.8. The van der Waals surface area contributed by atoms with Crippen molar-refractivity contribution in [3.8, 4) is 11.1 Å². The molecule has 6 nitrogen and oxygen atoms in total. The average molecular weight is 314 g/mol. The number of fused-ring (bicyclic) bond motifs is 1. The van der Waals surface area contributed by atoms with Gasteiger partial charge in [0, 0.05) is 19.2 Å². The van der Waals surface area contributed by atoms with Crippen molar-refractivity contribution in [2.24, 2.45) is 7.05 Å². The molecule has 0 atom stereocenters. The lowest BCUT2D eigenvalue weighted by Crippen LogP contribution is -2.35. The summed E-state index contributed by atoms with van der Waals surface area (Å²) in [6.07, 6.45) is 2.23. The summed E-state index contributed by atoms with van der Waals surface area (Å²) < 4.78 is 7.15. The molecule has 23 heavy (non-hydrogen) atoms. The molecule has 0 bridgehead atoms. The fourth-order valence-corrected chi connectivity index (χ4v) is 2.85. The monoisotopic (exact) mass is 314 g/mol. The molecule has 2 heterocycles. The number of nitrogens with two attached hydrogens (primary N) is 1. The quantitative estimate of drug-likeness (QED) is 0.878. The van der Waals surface area contributed by atoms with Crippen LogP contribution in [0, 0.1) is 0 Å². The van der Waals surface area contributed by atoms with Crippen LogP contribution in [0.1, 0.15) is 26.3 Å². The van der Waals surface area contributed by atoms with Crippen LogP contribution in [-0.4, -0.2) is 28.0 Å². The molecular weight excluding hydrogens is 292 g/mol. The number of aromatic nitrogens is 2. The minimum Gasteiger partial charge on any atom is -0.443 e. The van der Waals surface area contributed by atoms with E-state index >= 15 is 0 Å². The van der Waals surface area contributed by atoms with Gasteiger partial charge in [0.1, 0.15) is 11.4 Å². The van der Waals surface area contributed by atoms with Gasteiger partial charge in [-0.1, -0.05) is 12.1 Å². The van der Waals surface area contributed by atoms with Crippen LogP contribution in [0.3, 0.4) is 0 Å². The number of hydrogen-bond donors (Lipinski definition) is 1. The Labute approximate surface area is 135 Å². The Morgan fingerprint density at radius 2 is 2.04 bits per heavy atom. The first kappa shape index (κ1) is 15.4. The van der Waals surface area contributed by atoms with E-state index in [1.165, 1.54) is 0 Å². The molecule has 0 fully saturated rings. The van der Waals surface area contributed by atoms with Gasteiger partial charge in [-0.3, -0.25) is 9.58 Å². The fourth-order valence-electron chi connectivity index (χ4n) is 2.85. The molecule has 0 saturated heterocycles. The van der Waals surface area contributed by atoms with Crippen molar-refractivity contribution in [2.75, 3.05) is 17.2 Å². The van der Waals surface area contributed by atoms with Crippen LogP contribution in [0.15, 0.2) is 24.4 Å². The lowest BCUT2D eigenvalue weighted by Gasteiger charge is -2.24. The minimum atomic E-state index is -0.509. The third kappa shape index (κ3) is 2.76. The Bertz CT molecular complexity index is 758. The van der Waals surface area contributed by atoms with Gasteiger partial charge in [-0.2, -0.15) is 5.10 Å². The smallest absolute Gasteiger partial charge is 0.414 e. The Morgan fingerprint density at radius 3 is 2.65 bits per heavy atom. The summed E-state index contributed by atoms with van der Waals surface area (Å²) in [5, 5.41) is 4.21. The van der Waals surface area contributed by atoms with Gasteiger partial charge >= 0.3 is 6.09 Å². The van der Waals surface area contributed by atoms with E-state index in [4.69, 9.17) is 10.5 Å². The van der Waals surface area contributed by atoms with E-state index in [0.29, 0.717) is 12.4 Å². The van der Waals surface area contributed by atoms with E-state index in [0.717, 1.165) is 28.8 Å². The summed E-state index contributed by atoms with van der Waals surface area (Å²) in [5.74, 6) is 0.620. The minimum absolute atomic E-state index is 0.312. The summed E-state index contributed by atoms with van der Waals surface area (Å²) >= 11 is 0. The molecule has 1 aromatic carbocycles. The number of anilines is 2. The van der Waals surface area contributed by atoms with Crippen molar-refractivity contribution in [3.05, 3.63) is 30.0 Å². The second-order valence-corrected chi connectivity index (χ2v) is 6.75. The van der Waals surface area contributed by atoms with Crippen LogP contribution in [0.25, 0.3) is 11.1 Å². The Balaban J connectivity index is 1.98. The number of rotatable bonds is 1. The van der Waals surface area contributed by atoms with Crippen molar-refractivity contribution < 1.29 is 9.53 Å². The summed E-state index contributed by atoms with van der Waals surface area (Å²) in [5.41, 5.74) is 9.52. The fraction of sp³-hybridized carbons (Fsp3) is 0.412. The van der Waals surface area contributed by atoms with Crippen molar-refractivity contribution in [1.29, 1.82) is 0 Å². The van der Waals surface area contributed by atoms with E-state index < -0.39 is 5.60 Å². The predicted molar refractivity (Wildman–Crippen MR) is 90.3 cm³/mol. The number of nitrogens with zero attached hydrogens (tertiary/aromatic N) is 3. The summed E-state index contributed by atoms with van der Waals surface area (Å²) in [6, 6.07) is 5.90. The number of aryl methyl sites for hydroxylation is 1. The molecule has 1 aliphatic rings. The van der Waals surface area contributed by atoms with Crippen molar-refractivity contribution in [3.63, 3.8) is 0 Å². The Morgan fingerprint density at radius 1 is 1.30 bits per heavy atom. The summed E-state index contributed by atoms with van der Waals surface area (Å²) in [4.78, 5) is 14.1. The van der Waals surface area contributed by atoms with Crippen LogP contribution in [-0.2, 0) is 18.2 Å². The average Bonchev–Trinajstić information content (AvgIpc) is 3.02. The molecule has 0 radical (unpaired) electrons. The van der Waals surface area contributed by atoms with Crippen molar-refractivity contribution >= 4 is 17.6 Å². The van der Waals surface area contributed by atoms with Crippen LogP contribution >= 0.6 is 0 Å². The number of carbonyl (C=O) groups is 1. The second-order valence-electron chi connectivity index (χ2n) is 6.75. The molecule has 2 N–H and O–H groups in total. The second kappa shape index (κ2) is 5.30. The standard InChI is InChI=1S/C17H22N4O2/c1-17(2,3)23-16(22)21-9-8-12-11(6-5-7-14(12)21)13-10-19-20(4)15(13)18/h5-7,10H,8-9,18H2,1-4H3. The molecule has 0 aliphatic carbocycles. The highest BCUT2D eigenvalue weighted by molar-refractivity contribution is 5.93. The van der Waals surface area contributed by atoms with Gasteiger partial charge in [-0.25, -0.2) is 4.79 Å². The number of amides is 1. The van der Waals surface area contributed by atoms with Crippen molar-refractivity contribution in [2.45, 2.75) is 32.8 Å². The van der Waals surface area contributed by atoms with Gasteiger partial charge in [-0.05, 0) is 44.4 Å². The highest BCUT2D eigenvalue weighted by Gasteiger charge is 2.30. The first-order valence-corrected chi connectivity index (χ1v) is 7.68. The Kier molecular flexibility index (Phi) is 3.55. The summed E-state index contributed by atoms with van der Waals surface area (Å²) in [6.45, 7) is 6.22. The lowest BCUT2D eigenvalue weighted by molar-refractivity contribution is 0.0584. The van der Waals surface area contributed by atoms with Crippen LogP contribution in [0.5, 0.6) is 0 Å². The van der Waals surface area contributed by atoms with E-state index in [-0.39, 0.29) is 6.09 Å². The number of ether oxygens (including phenoxy) is 1. The summed E-state index contributed by atoms with van der Waals surface area (Å²) in [7, 11) is 1.81. The maximum atomic E-state index is 12.4. The molecule has 1 aromatic heterocycles. The van der Waals surface area contributed by atoms with Gasteiger partial charge in [0.25, 0.3) is 0 Å². The van der Waals surface area contributed by atoms with E-state index in [2.05, 4.69) is 5.10 Å². The van der Waals surface area contributed by atoms with E-state index in [1.807, 2.05) is 46.0 Å². The van der Waals surface area contributed by atoms with Gasteiger partial charge in [0.2, 0.25) is 0 Å². The molecule has 6 heteroatoms. The topological polar surface area (TPSA) is 73.4 Å². The zero-order valence-electron chi connectivity index (χ0n) is 14.0. The maximum Gasteiger partial charge on any atom is 0.414 e. The van der Waals surface area contributed by atoms with Gasteiger partial charge in [0.05, 0.1) is 11.9 Å². The van der Waals surface area contributed by atoms with Crippen LogP contribution in [0.4, 0.5) is 16.3 Å². The molecule has 2 aromatic rings. The lowest BCUT2D eigenvalue weighted by atomic mass is 10.00. The molecule has 1 amide bonds. The zero-order valence-corrected chi connectivity index (χ0v) is 14.0. The number of hydrogen-bond acceptors (Lipinski definition) is 4. The number of nitrogen functional groups attached to an aromatic ring is 1. The van der Waals surface area contributed by atoms with Gasteiger partial charge < -0.3 is 10.5 Å². The maximum absolute atomic E-state index is 12.4. The largest absolute Gasteiger partial charge is 0.443 e. The SMILES string of the molecule is Cn1ncc(-c2cccc3c2CCN3C(=O)OC(C)(C)C)c1N. The van der Waals surface area contributed by atoms with Crippen LogP contribution < -0.4 is 10.6 Å². The normalized spacial score (nSPS) is 14.0. The third-order valence-corrected chi connectivity index (χ3v) is 3.92. The number of benzene rings is 1. The Hall–Kier alpha value is -2.50. The van der Waals surface area contributed by atoms with Gasteiger partial charge in [-0.15, -0.1) is 0 Å². The molecule has 0 unspecified atom stereocenters. The van der Waals surface area contributed by atoms with E-state index in [1.54, 1.807) is 15.8 Å². The molecule has 0 spiro atoms. The first-order valence-electron chi connectivity index (χ1n) is 7.68. The zero-order chi connectivity index (χ0) is 16.8. The predicted octanol–water partition coefficient (Wildman–Crippen LogP) is 2.97. The third-order valence-electron chi connectivity index (χ3n) is 3.92. The number of carbonyl (C=O) groups excluding carboxylic acids is 1. The van der Waals surface area contributed by atoms with E-state index in [9.17, 15) is 4.79 Å². The molecule has 122 valence electrons. The molecule has 1 aliphatic heterocycles. The van der Waals surface area contributed by atoms with Gasteiger partial charge in [0.15, 0.2) is 0 Å². The molecular formula is C17H22N4O2. The van der Waals surface area contributed by atoms with Crippen molar-refractivity contribution in [1.82, 2.24) is 9.78 Å². The van der Waals surface area contributed by atoms with Crippen LogP contribution in [0.2, 0.25) is 0 Å². The molecule has 0 saturated carbocycles. The highest BCUT2D eigenvalue weighted by Crippen LogP contribution is 2.38. The highest BCUT2D eigenvalue weighted by atomic mass is 16.6. The molecule has 3 rings (SSSR count).